The summed E-state index contributed by atoms with van der Waals surface area (Å²) in [5.74, 6) is 0.949. The summed E-state index contributed by atoms with van der Waals surface area (Å²) in [6.07, 6.45) is 11.5. The van der Waals surface area contributed by atoms with Gasteiger partial charge in [0.1, 0.15) is 0 Å². The van der Waals surface area contributed by atoms with Crippen LogP contribution in [0.4, 0.5) is 0 Å². The monoisotopic (exact) mass is 223 g/mol. The van der Waals surface area contributed by atoms with Gasteiger partial charge in [0.15, 0.2) is 0 Å². The minimum atomic E-state index is 0.534. The Morgan fingerprint density at radius 1 is 1.38 bits per heavy atom. The van der Waals surface area contributed by atoms with Crippen molar-refractivity contribution in [3.8, 4) is 0 Å². The molecule has 1 saturated heterocycles. The highest BCUT2D eigenvalue weighted by atomic mass is 16.5. The number of hydrogen-bond donors (Lipinski definition) is 1. The van der Waals surface area contributed by atoms with Gasteiger partial charge >= 0.3 is 0 Å². The highest BCUT2D eigenvalue weighted by Crippen LogP contribution is 2.34. The molecule has 2 heteroatoms. The van der Waals surface area contributed by atoms with Gasteiger partial charge < -0.3 is 10.1 Å². The van der Waals surface area contributed by atoms with Crippen LogP contribution in [-0.4, -0.2) is 25.3 Å². The van der Waals surface area contributed by atoms with E-state index < -0.39 is 0 Å². The van der Waals surface area contributed by atoms with Crippen LogP contribution in [0.2, 0.25) is 0 Å². The van der Waals surface area contributed by atoms with Gasteiger partial charge in [0.2, 0.25) is 0 Å². The van der Waals surface area contributed by atoms with E-state index in [1.54, 1.807) is 0 Å². The van der Waals surface area contributed by atoms with Gasteiger partial charge in [-0.05, 0) is 57.4 Å². The van der Waals surface area contributed by atoms with Crippen molar-refractivity contribution in [1.29, 1.82) is 0 Å². The van der Waals surface area contributed by atoms with Gasteiger partial charge in [0.25, 0.3) is 0 Å². The Balaban J connectivity index is 1.59. The number of rotatable bonds is 8. The summed E-state index contributed by atoms with van der Waals surface area (Å²) in [5.41, 5.74) is 0. The Bertz CT molecular complexity index is 207. The third kappa shape index (κ3) is 3.91. The van der Waals surface area contributed by atoms with Crippen molar-refractivity contribution in [3.05, 3.63) is 12.7 Å². The molecule has 16 heavy (non-hydrogen) atoms. The molecule has 1 aliphatic heterocycles. The normalized spacial score (nSPS) is 26.9. The molecule has 2 atom stereocenters. The Morgan fingerprint density at radius 2 is 2.25 bits per heavy atom. The van der Waals surface area contributed by atoms with Gasteiger partial charge in [-0.1, -0.05) is 6.08 Å². The maximum Gasteiger partial charge on any atom is 0.0588 e. The van der Waals surface area contributed by atoms with E-state index in [2.05, 4.69) is 11.9 Å². The van der Waals surface area contributed by atoms with E-state index in [0.717, 1.165) is 31.5 Å². The fraction of sp³-hybridized carbons (Fsp3) is 0.857. The third-order valence-electron chi connectivity index (χ3n) is 3.77. The van der Waals surface area contributed by atoms with E-state index in [1.165, 1.54) is 38.5 Å². The zero-order valence-corrected chi connectivity index (χ0v) is 10.3. The van der Waals surface area contributed by atoms with Crippen molar-refractivity contribution in [1.82, 2.24) is 5.32 Å². The summed E-state index contributed by atoms with van der Waals surface area (Å²) >= 11 is 0. The van der Waals surface area contributed by atoms with E-state index >= 15 is 0 Å². The predicted molar refractivity (Wildman–Crippen MR) is 67.5 cm³/mol. The molecule has 2 unspecified atom stereocenters. The molecule has 0 radical (unpaired) electrons. The molecule has 2 nitrogen and oxygen atoms in total. The Morgan fingerprint density at radius 3 is 2.88 bits per heavy atom. The fourth-order valence-corrected chi connectivity index (χ4v) is 2.60. The minimum Gasteiger partial charge on any atom is -0.378 e. The van der Waals surface area contributed by atoms with Gasteiger partial charge in [-0.25, -0.2) is 0 Å². The molecule has 0 spiro atoms. The molecule has 92 valence electrons. The molecule has 1 saturated carbocycles. The van der Waals surface area contributed by atoms with Crippen LogP contribution in [0.25, 0.3) is 0 Å². The lowest BCUT2D eigenvalue weighted by Gasteiger charge is -2.18. The maximum atomic E-state index is 5.64. The van der Waals surface area contributed by atoms with E-state index in [1.807, 2.05) is 6.08 Å². The summed E-state index contributed by atoms with van der Waals surface area (Å²) in [5, 5.41) is 3.72. The van der Waals surface area contributed by atoms with Crippen LogP contribution in [-0.2, 0) is 4.74 Å². The van der Waals surface area contributed by atoms with Gasteiger partial charge in [-0.2, -0.15) is 0 Å². The van der Waals surface area contributed by atoms with Crippen LogP contribution >= 0.6 is 0 Å². The lowest BCUT2D eigenvalue weighted by atomic mass is 10.1. The topological polar surface area (TPSA) is 21.3 Å². The summed E-state index contributed by atoms with van der Waals surface area (Å²) in [6.45, 7) is 5.92. The summed E-state index contributed by atoms with van der Waals surface area (Å²) in [4.78, 5) is 0. The summed E-state index contributed by atoms with van der Waals surface area (Å²) < 4.78 is 5.64. The van der Waals surface area contributed by atoms with Crippen LogP contribution < -0.4 is 5.32 Å². The molecule has 2 rings (SSSR count). The summed E-state index contributed by atoms with van der Waals surface area (Å²) in [6, 6.07) is 0.736. The number of allylic oxidation sites excluding steroid dienone is 1. The molecule has 0 bridgehead atoms. The van der Waals surface area contributed by atoms with Crippen LogP contribution in [0.15, 0.2) is 12.7 Å². The molecular formula is C14H25NO. The van der Waals surface area contributed by atoms with E-state index in [0.29, 0.717) is 6.10 Å². The second kappa shape index (κ2) is 6.41. The van der Waals surface area contributed by atoms with Crippen molar-refractivity contribution >= 4 is 0 Å². The van der Waals surface area contributed by atoms with Crippen molar-refractivity contribution < 1.29 is 4.74 Å². The van der Waals surface area contributed by atoms with Crippen molar-refractivity contribution in [2.24, 2.45) is 5.92 Å². The van der Waals surface area contributed by atoms with E-state index in [9.17, 15) is 0 Å². The fourth-order valence-electron chi connectivity index (χ4n) is 2.60. The lowest BCUT2D eigenvalue weighted by Crippen LogP contribution is -2.33. The minimum absolute atomic E-state index is 0.534. The van der Waals surface area contributed by atoms with Crippen LogP contribution in [0.1, 0.15) is 44.9 Å². The third-order valence-corrected chi connectivity index (χ3v) is 3.77. The van der Waals surface area contributed by atoms with Crippen molar-refractivity contribution in [2.45, 2.75) is 57.1 Å². The van der Waals surface area contributed by atoms with Crippen LogP contribution in [0, 0.1) is 5.92 Å². The Hall–Kier alpha value is -0.340. The molecule has 0 aromatic rings. The first-order valence-corrected chi connectivity index (χ1v) is 6.86. The van der Waals surface area contributed by atoms with Gasteiger partial charge in [0, 0.05) is 12.6 Å². The smallest absolute Gasteiger partial charge is 0.0588 e. The molecular weight excluding hydrogens is 198 g/mol. The van der Waals surface area contributed by atoms with E-state index in [4.69, 9.17) is 4.74 Å². The van der Waals surface area contributed by atoms with Gasteiger partial charge in [-0.15, -0.1) is 6.58 Å². The van der Waals surface area contributed by atoms with E-state index in [-0.39, 0.29) is 0 Å². The highest BCUT2D eigenvalue weighted by Gasteiger charge is 2.30. The standard InChI is InChI=1S/C14H25NO/c1-2-3-6-14(12-7-8-12)15-10-9-13-5-4-11-16-13/h2,12-15H,1,3-11H2. The quantitative estimate of drug-likeness (QED) is 0.639. The molecule has 1 N–H and O–H groups in total. The average molecular weight is 223 g/mol. The van der Waals surface area contributed by atoms with Crippen LogP contribution in [0.5, 0.6) is 0 Å². The highest BCUT2D eigenvalue weighted by molar-refractivity contribution is 4.88. The van der Waals surface area contributed by atoms with Gasteiger partial charge in [0.05, 0.1) is 6.10 Å². The number of ether oxygens (including phenoxy) is 1. The maximum absolute atomic E-state index is 5.64. The Labute approximate surface area is 99.4 Å². The molecule has 0 aromatic heterocycles. The SMILES string of the molecule is C=CCCC(NCCC1CCCO1)C1CC1. The lowest BCUT2D eigenvalue weighted by molar-refractivity contribution is 0.103. The molecule has 2 fully saturated rings. The largest absolute Gasteiger partial charge is 0.378 e. The van der Waals surface area contributed by atoms with Gasteiger partial charge in [-0.3, -0.25) is 0 Å². The first kappa shape index (κ1) is 12.1. The molecule has 0 amide bonds. The molecule has 1 heterocycles. The molecule has 1 aliphatic carbocycles. The van der Waals surface area contributed by atoms with Crippen molar-refractivity contribution in [3.63, 3.8) is 0 Å². The van der Waals surface area contributed by atoms with Crippen LogP contribution in [0.3, 0.4) is 0 Å². The molecule has 2 aliphatic rings. The zero-order valence-electron chi connectivity index (χ0n) is 10.3. The predicted octanol–water partition coefficient (Wildman–Crippen LogP) is 2.89. The summed E-state index contributed by atoms with van der Waals surface area (Å²) in [7, 11) is 0. The average Bonchev–Trinajstić information content (AvgIpc) is 3.01. The number of nitrogens with one attached hydrogen (secondary N) is 1. The molecule has 0 aromatic carbocycles. The first-order valence-electron chi connectivity index (χ1n) is 6.86. The number of hydrogen-bond acceptors (Lipinski definition) is 2. The van der Waals surface area contributed by atoms with Crippen molar-refractivity contribution in [2.75, 3.05) is 13.2 Å². The Kier molecular flexibility index (Phi) is 4.86. The second-order valence-electron chi connectivity index (χ2n) is 5.19. The zero-order chi connectivity index (χ0) is 11.2. The first-order chi connectivity index (χ1) is 7.90. The second-order valence-corrected chi connectivity index (χ2v) is 5.19.